The van der Waals surface area contributed by atoms with Crippen LogP contribution in [0.2, 0.25) is 5.02 Å². The Hall–Kier alpha value is -0.810. The zero-order chi connectivity index (χ0) is 12.3. The fraction of sp³-hybridized carbons (Fsp3) is 0.154. The van der Waals surface area contributed by atoms with E-state index < -0.39 is 0 Å². The van der Waals surface area contributed by atoms with Crippen LogP contribution in [-0.2, 0) is 6.54 Å². The third-order valence-electron chi connectivity index (χ3n) is 2.34. The van der Waals surface area contributed by atoms with Crippen LogP contribution in [0.5, 0.6) is 0 Å². The number of benzene rings is 1. The maximum absolute atomic E-state index is 6.14. The summed E-state index contributed by atoms with van der Waals surface area (Å²) in [5, 5.41) is 4.03. The standard InChI is InChI=1S/C13H12ClIN2/c1-9-3-2-4-11(17-9)8-16-13-6-5-10(15)7-12(13)14/h2-7,16H,8H2,1H3. The van der Waals surface area contributed by atoms with Crippen LogP contribution in [0.1, 0.15) is 11.4 Å². The highest BCUT2D eigenvalue weighted by atomic mass is 127. The second-order valence-corrected chi connectivity index (χ2v) is 5.40. The minimum atomic E-state index is 0.683. The van der Waals surface area contributed by atoms with Gasteiger partial charge in [0.2, 0.25) is 0 Å². The lowest BCUT2D eigenvalue weighted by Crippen LogP contribution is -2.02. The van der Waals surface area contributed by atoms with Crippen molar-refractivity contribution in [3.05, 3.63) is 56.4 Å². The van der Waals surface area contributed by atoms with Crippen LogP contribution in [0.25, 0.3) is 0 Å². The number of pyridine rings is 1. The smallest absolute Gasteiger partial charge is 0.0648 e. The summed E-state index contributed by atoms with van der Waals surface area (Å²) in [4.78, 5) is 4.43. The van der Waals surface area contributed by atoms with Crippen molar-refractivity contribution in [2.75, 3.05) is 5.32 Å². The molecule has 0 fully saturated rings. The van der Waals surface area contributed by atoms with Gasteiger partial charge in [0.1, 0.15) is 0 Å². The number of nitrogens with one attached hydrogen (secondary N) is 1. The third-order valence-corrected chi connectivity index (χ3v) is 3.32. The molecule has 4 heteroatoms. The molecular formula is C13H12ClIN2. The third kappa shape index (κ3) is 3.57. The molecule has 0 bridgehead atoms. The highest BCUT2D eigenvalue weighted by molar-refractivity contribution is 14.1. The number of hydrogen-bond donors (Lipinski definition) is 1. The average molecular weight is 359 g/mol. The van der Waals surface area contributed by atoms with E-state index in [4.69, 9.17) is 11.6 Å². The Kier molecular flexibility index (Phi) is 4.23. The van der Waals surface area contributed by atoms with Gasteiger partial charge in [0.05, 0.1) is 22.9 Å². The van der Waals surface area contributed by atoms with Gasteiger partial charge in [0.15, 0.2) is 0 Å². The molecule has 0 unspecified atom stereocenters. The first-order valence-electron chi connectivity index (χ1n) is 5.26. The van der Waals surface area contributed by atoms with Crippen molar-refractivity contribution in [1.29, 1.82) is 0 Å². The van der Waals surface area contributed by atoms with Gasteiger partial charge in [0, 0.05) is 9.26 Å². The van der Waals surface area contributed by atoms with Crippen molar-refractivity contribution >= 4 is 39.9 Å². The summed E-state index contributed by atoms with van der Waals surface area (Å²) in [5.74, 6) is 0. The molecule has 88 valence electrons. The van der Waals surface area contributed by atoms with Gasteiger partial charge in [0.25, 0.3) is 0 Å². The van der Waals surface area contributed by atoms with Gasteiger partial charge in [-0.05, 0) is 59.8 Å². The highest BCUT2D eigenvalue weighted by Gasteiger charge is 2.01. The molecular weight excluding hydrogens is 347 g/mol. The molecule has 0 spiro atoms. The summed E-state index contributed by atoms with van der Waals surface area (Å²) < 4.78 is 1.13. The number of aromatic nitrogens is 1. The Morgan fingerprint density at radius 2 is 2.12 bits per heavy atom. The van der Waals surface area contributed by atoms with E-state index in [0.29, 0.717) is 6.54 Å². The fourth-order valence-corrected chi connectivity index (χ4v) is 2.44. The van der Waals surface area contributed by atoms with E-state index in [9.17, 15) is 0 Å². The molecule has 0 amide bonds. The fourth-order valence-electron chi connectivity index (χ4n) is 1.52. The van der Waals surface area contributed by atoms with E-state index in [-0.39, 0.29) is 0 Å². The van der Waals surface area contributed by atoms with Crippen molar-refractivity contribution in [3.63, 3.8) is 0 Å². The van der Waals surface area contributed by atoms with Crippen LogP contribution >= 0.6 is 34.2 Å². The number of anilines is 1. The number of nitrogens with zero attached hydrogens (tertiary/aromatic N) is 1. The van der Waals surface area contributed by atoms with E-state index in [1.165, 1.54) is 0 Å². The van der Waals surface area contributed by atoms with Crippen molar-refractivity contribution < 1.29 is 0 Å². The van der Waals surface area contributed by atoms with Crippen LogP contribution in [0.3, 0.4) is 0 Å². The zero-order valence-electron chi connectivity index (χ0n) is 9.37. The normalized spacial score (nSPS) is 10.3. The highest BCUT2D eigenvalue weighted by Crippen LogP contribution is 2.24. The molecule has 0 aliphatic rings. The van der Waals surface area contributed by atoms with E-state index in [1.807, 2.05) is 43.3 Å². The molecule has 0 atom stereocenters. The summed E-state index contributed by atoms with van der Waals surface area (Å²) in [6.07, 6.45) is 0. The molecule has 0 saturated heterocycles. The lowest BCUT2D eigenvalue weighted by atomic mass is 10.3. The summed E-state index contributed by atoms with van der Waals surface area (Å²) in [6, 6.07) is 11.9. The van der Waals surface area contributed by atoms with E-state index >= 15 is 0 Å². The number of rotatable bonds is 3. The SMILES string of the molecule is Cc1cccc(CNc2ccc(I)cc2Cl)n1. The lowest BCUT2D eigenvalue weighted by Gasteiger charge is -2.08. The van der Waals surface area contributed by atoms with Crippen LogP contribution in [0, 0.1) is 10.5 Å². The lowest BCUT2D eigenvalue weighted by molar-refractivity contribution is 1.02. The van der Waals surface area contributed by atoms with Gasteiger partial charge in [-0.25, -0.2) is 0 Å². The van der Waals surface area contributed by atoms with Gasteiger partial charge >= 0.3 is 0 Å². The quantitative estimate of drug-likeness (QED) is 0.829. The Morgan fingerprint density at radius 1 is 1.29 bits per heavy atom. The summed E-state index contributed by atoms with van der Waals surface area (Å²) in [7, 11) is 0. The topological polar surface area (TPSA) is 24.9 Å². The Balaban J connectivity index is 2.07. The molecule has 0 aliphatic carbocycles. The van der Waals surface area contributed by atoms with Crippen molar-refractivity contribution in [2.24, 2.45) is 0 Å². The molecule has 2 aromatic rings. The van der Waals surface area contributed by atoms with Gasteiger partial charge in [-0.15, -0.1) is 0 Å². The molecule has 0 radical (unpaired) electrons. The van der Waals surface area contributed by atoms with E-state index in [0.717, 1.165) is 25.7 Å². The first-order valence-corrected chi connectivity index (χ1v) is 6.72. The number of hydrogen-bond acceptors (Lipinski definition) is 2. The molecule has 0 saturated carbocycles. The van der Waals surface area contributed by atoms with Gasteiger partial charge in [-0.1, -0.05) is 17.7 Å². The summed E-state index contributed by atoms with van der Waals surface area (Å²) in [5.41, 5.74) is 2.98. The largest absolute Gasteiger partial charge is 0.378 e. The minimum Gasteiger partial charge on any atom is -0.378 e. The molecule has 2 rings (SSSR count). The first kappa shape index (κ1) is 12.6. The van der Waals surface area contributed by atoms with Crippen molar-refractivity contribution in [3.8, 4) is 0 Å². The van der Waals surface area contributed by atoms with Crippen LogP contribution in [0.4, 0.5) is 5.69 Å². The van der Waals surface area contributed by atoms with E-state index in [2.05, 4.69) is 32.9 Å². The molecule has 17 heavy (non-hydrogen) atoms. The average Bonchev–Trinajstić information content (AvgIpc) is 2.28. The molecule has 1 aromatic carbocycles. The second kappa shape index (κ2) is 5.69. The van der Waals surface area contributed by atoms with E-state index in [1.54, 1.807) is 0 Å². The van der Waals surface area contributed by atoms with Crippen LogP contribution in [0.15, 0.2) is 36.4 Å². The van der Waals surface area contributed by atoms with Crippen LogP contribution < -0.4 is 5.32 Å². The molecule has 2 nitrogen and oxygen atoms in total. The molecule has 1 heterocycles. The maximum atomic E-state index is 6.14. The van der Waals surface area contributed by atoms with Crippen molar-refractivity contribution in [1.82, 2.24) is 4.98 Å². The first-order chi connectivity index (χ1) is 8.15. The monoisotopic (exact) mass is 358 g/mol. The molecule has 0 aliphatic heterocycles. The summed E-state index contributed by atoms with van der Waals surface area (Å²) >= 11 is 8.38. The number of aryl methyl sites for hydroxylation is 1. The summed E-state index contributed by atoms with van der Waals surface area (Å²) in [6.45, 7) is 2.67. The predicted molar refractivity (Wildman–Crippen MR) is 80.5 cm³/mol. The second-order valence-electron chi connectivity index (χ2n) is 3.75. The Labute approximate surface area is 120 Å². The Bertz CT molecular complexity index is 529. The van der Waals surface area contributed by atoms with Gasteiger partial charge in [-0.3, -0.25) is 4.98 Å². The molecule has 1 aromatic heterocycles. The molecule has 1 N–H and O–H groups in total. The Morgan fingerprint density at radius 3 is 2.82 bits per heavy atom. The maximum Gasteiger partial charge on any atom is 0.0648 e. The van der Waals surface area contributed by atoms with Gasteiger partial charge < -0.3 is 5.32 Å². The zero-order valence-corrected chi connectivity index (χ0v) is 12.3. The predicted octanol–water partition coefficient (Wildman–Crippen LogP) is 4.26. The minimum absolute atomic E-state index is 0.683. The van der Waals surface area contributed by atoms with Crippen LogP contribution in [-0.4, -0.2) is 4.98 Å². The van der Waals surface area contributed by atoms with Crippen molar-refractivity contribution in [2.45, 2.75) is 13.5 Å². The van der Waals surface area contributed by atoms with Gasteiger partial charge in [-0.2, -0.15) is 0 Å². The number of halogens is 2.